The average molecular weight is 383 g/mol. The first-order chi connectivity index (χ1) is 13.6. The van der Waals surface area contributed by atoms with E-state index in [0.717, 1.165) is 44.6 Å². The maximum absolute atomic E-state index is 12.5. The fourth-order valence-corrected chi connectivity index (χ4v) is 4.11. The molecule has 2 fully saturated rings. The van der Waals surface area contributed by atoms with E-state index < -0.39 is 0 Å². The van der Waals surface area contributed by atoms with Crippen molar-refractivity contribution in [3.05, 3.63) is 33.0 Å². The topological polar surface area (TPSA) is 103 Å². The maximum atomic E-state index is 12.5. The first-order valence-corrected chi connectivity index (χ1v) is 9.82. The van der Waals surface area contributed by atoms with Crippen LogP contribution in [0.1, 0.15) is 31.7 Å². The summed E-state index contributed by atoms with van der Waals surface area (Å²) in [6.45, 7) is 3.35. The van der Waals surface area contributed by atoms with Gasteiger partial charge in [0.15, 0.2) is 5.75 Å². The number of fused-ring (bicyclic) bond motifs is 1. The first-order valence-electron chi connectivity index (χ1n) is 9.82. The van der Waals surface area contributed by atoms with Gasteiger partial charge in [0.05, 0.1) is 24.3 Å². The number of anilines is 1. The standard InChI is InChI=1S/C20H25N5O3/c1-28-18-16(24-10-7-13(12-24)11-22-9-2-8-21)6-5-15-17(18)25(14-3-4-14)20(27)23-19(15)26/h5-6,13-14,22H,2-4,7,9-12H2,1H3,(H,23,26,27). The Labute approximate surface area is 162 Å². The van der Waals surface area contributed by atoms with Gasteiger partial charge < -0.3 is 15.0 Å². The van der Waals surface area contributed by atoms with Crippen molar-refractivity contribution in [1.29, 1.82) is 5.26 Å². The summed E-state index contributed by atoms with van der Waals surface area (Å²) >= 11 is 0. The third kappa shape index (κ3) is 3.38. The molecule has 1 aromatic carbocycles. The van der Waals surface area contributed by atoms with Gasteiger partial charge in [-0.25, -0.2) is 4.79 Å². The van der Waals surface area contributed by atoms with E-state index in [2.05, 4.69) is 21.3 Å². The van der Waals surface area contributed by atoms with Crippen molar-refractivity contribution in [1.82, 2.24) is 14.9 Å². The molecule has 1 aromatic heterocycles. The zero-order valence-electron chi connectivity index (χ0n) is 16.0. The highest BCUT2D eigenvalue weighted by atomic mass is 16.5. The average Bonchev–Trinajstić information content (AvgIpc) is 3.41. The monoisotopic (exact) mass is 383 g/mol. The normalized spacial score (nSPS) is 19.1. The summed E-state index contributed by atoms with van der Waals surface area (Å²) in [5.74, 6) is 1.09. The summed E-state index contributed by atoms with van der Waals surface area (Å²) in [5, 5.41) is 12.5. The number of aromatic nitrogens is 2. The zero-order valence-corrected chi connectivity index (χ0v) is 16.0. The molecule has 1 aliphatic heterocycles. The smallest absolute Gasteiger partial charge is 0.329 e. The Morgan fingerprint density at radius 2 is 2.14 bits per heavy atom. The van der Waals surface area contributed by atoms with Crippen molar-refractivity contribution in [2.75, 3.05) is 38.2 Å². The molecule has 1 aliphatic carbocycles. The van der Waals surface area contributed by atoms with Gasteiger partial charge in [-0.15, -0.1) is 0 Å². The Bertz CT molecular complexity index is 1030. The molecule has 1 saturated carbocycles. The van der Waals surface area contributed by atoms with Crippen LogP contribution in [0.25, 0.3) is 10.9 Å². The van der Waals surface area contributed by atoms with Gasteiger partial charge in [0.1, 0.15) is 5.52 Å². The fraction of sp³-hybridized carbons (Fsp3) is 0.550. The molecule has 8 nitrogen and oxygen atoms in total. The van der Waals surface area contributed by atoms with Crippen LogP contribution in [0.5, 0.6) is 5.75 Å². The number of ether oxygens (including phenoxy) is 1. The van der Waals surface area contributed by atoms with E-state index in [-0.39, 0.29) is 17.3 Å². The molecule has 148 valence electrons. The molecule has 1 saturated heterocycles. The maximum Gasteiger partial charge on any atom is 0.329 e. The minimum atomic E-state index is -0.372. The molecule has 4 rings (SSSR count). The number of methoxy groups -OCH3 is 1. The minimum absolute atomic E-state index is 0.131. The molecule has 2 N–H and O–H groups in total. The van der Waals surface area contributed by atoms with Gasteiger partial charge in [0.25, 0.3) is 5.56 Å². The Morgan fingerprint density at radius 1 is 1.32 bits per heavy atom. The Balaban J connectivity index is 1.67. The summed E-state index contributed by atoms with van der Waals surface area (Å²) < 4.78 is 7.43. The summed E-state index contributed by atoms with van der Waals surface area (Å²) in [4.78, 5) is 29.5. The largest absolute Gasteiger partial charge is 0.492 e. The molecule has 0 spiro atoms. The van der Waals surface area contributed by atoms with E-state index in [4.69, 9.17) is 10.00 Å². The van der Waals surface area contributed by atoms with Gasteiger partial charge in [-0.3, -0.25) is 14.3 Å². The number of hydrogen-bond donors (Lipinski definition) is 2. The molecule has 2 aromatic rings. The Morgan fingerprint density at radius 3 is 2.86 bits per heavy atom. The minimum Gasteiger partial charge on any atom is -0.492 e. The number of hydrogen-bond acceptors (Lipinski definition) is 6. The second kappa shape index (κ2) is 7.68. The van der Waals surface area contributed by atoms with Crippen molar-refractivity contribution in [3.63, 3.8) is 0 Å². The SMILES string of the molecule is COc1c(N2CCC(CNCCC#N)C2)ccc2c(=O)[nH]c(=O)n(C3CC3)c12. The summed E-state index contributed by atoms with van der Waals surface area (Å²) in [6, 6.07) is 5.99. The van der Waals surface area contributed by atoms with Gasteiger partial charge in [-0.2, -0.15) is 5.26 Å². The third-order valence-electron chi connectivity index (χ3n) is 5.62. The van der Waals surface area contributed by atoms with E-state index in [1.165, 1.54) is 0 Å². The van der Waals surface area contributed by atoms with Crippen LogP contribution in [-0.2, 0) is 0 Å². The van der Waals surface area contributed by atoms with Gasteiger partial charge in [-0.1, -0.05) is 0 Å². The number of aromatic amines is 1. The van der Waals surface area contributed by atoms with E-state index in [0.29, 0.717) is 35.5 Å². The van der Waals surface area contributed by atoms with E-state index in [9.17, 15) is 9.59 Å². The van der Waals surface area contributed by atoms with E-state index in [1.807, 2.05) is 6.07 Å². The molecule has 28 heavy (non-hydrogen) atoms. The van der Waals surface area contributed by atoms with Crippen molar-refractivity contribution in [2.24, 2.45) is 5.92 Å². The van der Waals surface area contributed by atoms with Crippen LogP contribution >= 0.6 is 0 Å². The van der Waals surface area contributed by atoms with E-state index >= 15 is 0 Å². The first kappa shape index (κ1) is 18.6. The van der Waals surface area contributed by atoms with Crippen molar-refractivity contribution in [2.45, 2.75) is 31.7 Å². The lowest BCUT2D eigenvalue weighted by molar-refractivity contribution is 0.416. The molecule has 0 radical (unpaired) electrons. The van der Waals surface area contributed by atoms with Crippen LogP contribution in [0.3, 0.4) is 0 Å². The lowest BCUT2D eigenvalue weighted by Crippen LogP contribution is -2.31. The molecule has 2 heterocycles. The number of rotatable bonds is 7. The Hall–Kier alpha value is -2.79. The van der Waals surface area contributed by atoms with Crippen molar-refractivity contribution in [3.8, 4) is 11.8 Å². The third-order valence-corrected chi connectivity index (χ3v) is 5.62. The number of nitrogens with zero attached hydrogens (tertiary/aromatic N) is 3. The van der Waals surface area contributed by atoms with Gasteiger partial charge in [-0.05, 0) is 43.9 Å². The van der Waals surface area contributed by atoms with Crippen LogP contribution < -0.4 is 26.2 Å². The van der Waals surface area contributed by atoms with Crippen LogP contribution in [-0.4, -0.2) is 42.8 Å². The molecule has 0 bridgehead atoms. The molecule has 1 atom stereocenters. The summed E-state index contributed by atoms with van der Waals surface area (Å²) in [5.41, 5.74) is 0.792. The zero-order chi connectivity index (χ0) is 19.7. The van der Waals surface area contributed by atoms with Crippen LogP contribution in [0.15, 0.2) is 21.7 Å². The fourth-order valence-electron chi connectivity index (χ4n) is 4.11. The molecular weight excluding hydrogens is 358 g/mol. The second-order valence-electron chi connectivity index (χ2n) is 7.59. The highest BCUT2D eigenvalue weighted by Crippen LogP contribution is 2.41. The lowest BCUT2D eigenvalue weighted by atomic mass is 10.1. The van der Waals surface area contributed by atoms with Crippen LogP contribution in [0.2, 0.25) is 0 Å². The van der Waals surface area contributed by atoms with Crippen molar-refractivity contribution < 1.29 is 4.74 Å². The summed E-state index contributed by atoms with van der Waals surface area (Å²) in [7, 11) is 1.60. The predicted octanol–water partition coefficient (Wildman–Crippen LogP) is 1.36. The highest BCUT2D eigenvalue weighted by molar-refractivity contribution is 5.90. The number of nitriles is 1. The van der Waals surface area contributed by atoms with Gasteiger partial charge in [0, 0.05) is 32.1 Å². The quantitative estimate of drug-likeness (QED) is 0.700. The number of nitrogens with one attached hydrogen (secondary N) is 2. The Kier molecular flexibility index (Phi) is 5.09. The number of H-pyrrole nitrogens is 1. The van der Waals surface area contributed by atoms with E-state index in [1.54, 1.807) is 17.7 Å². The predicted molar refractivity (Wildman–Crippen MR) is 107 cm³/mol. The number of benzene rings is 1. The molecule has 1 unspecified atom stereocenters. The van der Waals surface area contributed by atoms with Crippen LogP contribution in [0.4, 0.5) is 5.69 Å². The lowest BCUT2D eigenvalue weighted by Gasteiger charge is -2.23. The molecular formula is C20H25N5O3. The van der Waals surface area contributed by atoms with Gasteiger partial charge in [0.2, 0.25) is 0 Å². The highest BCUT2D eigenvalue weighted by Gasteiger charge is 2.31. The molecule has 0 amide bonds. The van der Waals surface area contributed by atoms with Crippen molar-refractivity contribution >= 4 is 16.6 Å². The van der Waals surface area contributed by atoms with Gasteiger partial charge >= 0.3 is 5.69 Å². The second-order valence-corrected chi connectivity index (χ2v) is 7.59. The molecule has 8 heteroatoms. The summed E-state index contributed by atoms with van der Waals surface area (Å²) in [6.07, 6.45) is 3.44. The van der Waals surface area contributed by atoms with Crippen LogP contribution in [0, 0.1) is 17.2 Å². The molecule has 2 aliphatic rings.